The number of rotatable bonds is 5. The highest BCUT2D eigenvalue weighted by Crippen LogP contribution is 2.65. The van der Waals surface area contributed by atoms with E-state index in [4.69, 9.17) is 23.2 Å². The molecule has 7 rings (SSSR count). The van der Waals surface area contributed by atoms with Crippen LogP contribution in [-0.4, -0.2) is 40.1 Å². The third-order valence-corrected chi connectivity index (χ3v) is 8.83. The molecule has 6 atom stereocenters. The van der Waals surface area contributed by atoms with Gasteiger partial charge in [-0.3, -0.25) is 19.2 Å². The van der Waals surface area contributed by atoms with Crippen molar-refractivity contribution < 1.29 is 19.2 Å². The van der Waals surface area contributed by atoms with Crippen LogP contribution in [-0.2, 0) is 9.59 Å². The van der Waals surface area contributed by atoms with Crippen molar-refractivity contribution in [1.82, 2.24) is 10.0 Å². The molecule has 1 saturated heterocycles. The number of thiophene rings is 1. The molecule has 2 bridgehead atoms. The van der Waals surface area contributed by atoms with Crippen molar-refractivity contribution in [2.75, 3.05) is 6.54 Å². The van der Waals surface area contributed by atoms with Gasteiger partial charge in [-0.2, -0.15) is 5.01 Å². The highest BCUT2D eigenvalue weighted by atomic mass is 35.5. The summed E-state index contributed by atoms with van der Waals surface area (Å²) in [5.74, 6) is -1.95. The summed E-state index contributed by atoms with van der Waals surface area (Å²) in [6.45, 7) is -0.440. The first kappa shape index (κ1) is 21.1. The van der Waals surface area contributed by atoms with E-state index in [0.717, 1.165) is 16.4 Å². The van der Waals surface area contributed by atoms with Gasteiger partial charge in [-0.05, 0) is 59.7 Å². The maximum absolute atomic E-state index is 13.6. The highest BCUT2D eigenvalue weighted by molar-refractivity contribution is 7.12. The molecule has 168 valence electrons. The number of hydrogen-bond donors (Lipinski definition) is 0. The summed E-state index contributed by atoms with van der Waals surface area (Å²) in [7, 11) is 0. The van der Waals surface area contributed by atoms with Gasteiger partial charge in [0, 0.05) is 5.02 Å². The summed E-state index contributed by atoms with van der Waals surface area (Å²) < 4.78 is 0. The van der Waals surface area contributed by atoms with Gasteiger partial charge in [0.1, 0.15) is 6.54 Å². The minimum atomic E-state index is -0.688. The lowest BCUT2D eigenvalue weighted by molar-refractivity contribution is -0.154. The molecule has 0 N–H and O–H groups in total. The molecule has 0 radical (unpaired) electrons. The number of Topliss-reactive ketones (excluding diaryl/α,β-unsaturated/α-hetero) is 1. The fourth-order valence-electron chi connectivity index (χ4n) is 5.87. The molecule has 33 heavy (non-hydrogen) atoms. The molecule has 1 aromatic carbocycles. The largest absolute Gasteiger partial charge is 0.291 e. The Bertz CT molecular complexity index is 1210. The van der Waals surface area contributed by atoms with Gasteiger partial charge in [-0.25, -0.2) is 5.01 Å². The average molecular weight is 501 g/mol. The Hall–Kier alpha value is -2.48. The number of amides is 3. The first-order chi connectivity index (χ1) is 15.9. The van der Waals surface area contributed by atoms with Gasteiger partial charge in [0.15, 0.2) is 5.78 Å². The number of allylic oxidation sites excluding steroid dienone is 2. The van der Waals surface area contributed by atoms with Crippen molar-refractivity contribution in [3.05, 3.63) is 68.3 Å². The van der Waals surface area contributed by atoms with Crippen LogP contribution in [0.2, 0.25) is 10.0 Å². The van der Waals surface area contributed by atoms with Gasteiger partial charge in [0.25, 0.3) is 17.7 Å². The van der Waals surface area contributed by atoms with E-state index in [1.807, 2.05) is 0 Å². The van der Waals surface area contributed by atoms with Crippen molar-refractivity contribution in [1.29, 1.82) is 0 Å². The third kappa shape index (κ3) is 3.13. The van der Waals surface area contributed by atoms with Gasteiger partial charge >= 0.3 is 0 Å². The number of benzene rings is 1. The fourth-order valence-corrected chi connectivity index (χ4v) is 7.01. The lowest BCUT2D eigenvalue weighted by atomic mass is 9.63. The number of carbonyl (C=O) groups is 4. The van der Waals surface area contributed by atoms with E-state index in [1.54, 1.807) is 17.5 Å². The molecule has 3 fully saturated rings. The van der Waals surface area contributed by atoms with E-state index in [2.05, 4.69) is 12.2 Å². The van der Waals surface area contributed by atoms with Crippen LogP contribution in [0, 0.1) is 35.5 Å². The van der Waals surface area contributed by atoms with Crippen molar-refractivity contribution >= 4 is 58.0 Å². The second kappa shape index (κ2) is 7.52. The molecule has 3 amide bonds. The summed E-state index contributed by atoms with van der Waals surface area (Å²) in [6.07, 6.45) is 5.16. The van der Waals surface area contributed by atoms with Gasteiger partial charge in [0.2, 0.25) is 0 Å². The molecule has 5 aliphatic rings. The van der Waals surface area contributed by atoms with Crippen LogP contribution in [0.1, 0.15) is 26.5 Å². The van der Waals surface area contributed by atoms with E-state index in [-0.39, 0.29) is 28.2 Å². The SMILES string of the molecule is O=C(CN(C(=O)c1ccc(Cl)cc1Cl)N1C(=O)[C@@H]2[C@H]3C=C[C@@H]([C@@H]4C[C@@H]34)[C@@H]2C1=O)c1cccs1. The Morgan fingerprint density at radius 1 is 1.03 bits per heavy atom. The molecule has 1 aromatic heterocycles. The monoisotopic (exact) mass is 500 g/mol. The van der Waals surface area contributed by atoms with Gasteiger partial charge in [-0.15, -0.1) is 11.3 Å². The Morgan fingerprint density at radius 3 is 2.27 bits per heavy atom. The van der Waals surface area contributed by atoms with E-state index in [1.165, 1.54) is 29.5 Å². The number of hydrogen-bond acceptors (Lipinski definition) is 5. The van der Waals surface area contributed by atoms with Gasteiger partial charge in [-0.1, -0.05) is 41.4 Å². The van der Waals surface area contributed by atoms with Crippen LogP contribution in [0.5, 0.6) is 0 Å². The zero-order valence-electron chi connectivity index (χ0n) is 17.2. The standard InChI is InChI=1S/C24H18Cl2N2O4S/c25-11-3-4-14(17(26)8-11)22(30)27(10-18(29)19-2-1-7-33-19)28-23(31)20-12-5-6-13(16-9-15(12)16)21(20)24(28)32/h1-8,12-13,15-16,20-21H,9-10H2/t12-,13-,15-,16-,20-,21+/m0/s1. The number of halogens is 2. The maximum atomic E-state index is 13.6. The minimum absolute atomic E-state index is 0.00974. The molecule has 4 aliphatic carbocycles. The number of hydrazine groups is 1. The quantitative estimate of drug-likeness (QED) is 0.347. The fraction of sp³-hybridized carbons (Fsp3) is 0.333. The molecule has 2 heterocycles. The second-order valence-corrected chi connectivity index (χ2v) is 10.8. The topological polar surface area (TPSA) is 74.8 Å². The molecule has 0 spiro atoms. The normalized spacial score (nSPS) is 30.9. The van der Waals surface area contributed by atoms with E-state index < -0.39 is 36.1 Å². The zero-order chi connectivity index (χ0) is 23.0. The van der Waals surface area contributed by atoms with Crippen LogP contribution in [0.15, 0.2) is 47.9 Å². The van der Waals surface area contributed by atoms with Crippen LogP contribution in [0.3, 0.4) is 0 Å². The minimum Gasteiger partial charge on any atom is -0.291 e. The average Bonchev–Trinajstić information content (AvgIpc) is 3.36. The van der Waals surface area contributed by atoms with Gasteiger partial charge in [0.05, 0.1) is 27.3 Å². The predicted molar refractivity (Wildman–Crippen MR) is 123 cm³/mol. The van der Waals surface area contributed by atoms with E-state index >= 15 is 0 Å². The second-order valence-electron chi connectivity index (χ2n) is 9.03. The van der Waals surface area contributed by atoms with Crippen molar-refractivity contribution in [2.45, 2.75) is 6.42 Å². The molecule has 2 saturated carbocycles. The summed E-state index contributed by atoms with van der Waals surface area (Å²) >= 11 is 13.5. The van der Waals surface area contributed by atoms with Crippen LogP contribution in [0.25, 0.3) is 0 Å². The molecule has 2 aromatic rings. The Morgan fingerprint density at radius 2 is 1.70 bits per heavy atom. The first-order valence-electron chi connectivity index (χ1n) is 10.8. The summed E-state index contributed by atoms with van der Waals surface area (Å²) in [6, 6.07) is 7.74. The van der Waals surface area contributed by atoms with Crippen molar-refractivity contribution in [2.24, 2.45) is 35.5 Å². The summed E-state index contributed by atoms with van der Waals surface area (Å²) in [5, 5.41) is 4.09. The highest BCUT2D eigenvalue weighted by Gasteiger charge is 2.68. The number of nitrogens with zero attached hydrogens (tertiary/aromatic N) is 2. The summed E-state index contributed by atoms with van der Waals surface area (Å²) in [4.78, 5) is 54.2. The first-order valence-corrected chi connectivity index (χ1v) is 12.4. The number of carbonyl (C=O) groups excluding carboxylic acids is 4. The van der Waals surface area contributed by atoms with Crippen molar-refractivity contribution in [3.8, 4) is 0 Å². The van der Waals surface area contributed by atoms with E-state index in [9.17, 15) is 19.2 Å². The molecule has 0 unspecified atom stereocenters. The molecule has 6 nitrogen and oxygen atoms in total. The molecular formula is C24H18Cl2N2O4S. The number of ketones is 1. The predicted octanol–water partition coefficient (Wildman–Crippen LogP) is 4.35. The van der Waals surface area contributed by atoms with E-state index in [0.29, 0.717) is 21.7 Å². The number of imide groups is 1. The lowest BCUT2D eigenvalue weighted by Crippen LogP contribution is -2.52. The molecule has 1 aliphatic heterocycles. The van der Waals surface area contributed by atoms with Crippen LogP contribution >= 0.6 is 34.5 Å². The van der Waals surface area contributed by atoms with Crippen molar-refractivity contribution in [3.63, 3.8) is 0 Å². The van der Waals surface area contributed by atoms with Crippen LogP contribution < -0.4 is 0 Å². The molecule has 9 heteroatoms. The molecular weight excluding hydrogens is 483 g/mol. The Balaban J connectivity index is 1.39. The Kier molecular flexibility index (Phi) is 4.80. The zero-order valence-corrected chi connectivity index (χ0v) is 19.5. The smallest absolute Gasteiger partial charge is 0.274 e. The lowest BCUT2D eigenvalue weighted by Gasteiger charge is -2.37. The van der Waals surface area contributed by atoms with Crippen LogP contribution in [0.4, 0.5) is 0 Å². The summed E-state index contributed by atoms with van der Waals surface area (Å²) in [5.41, 5.74) is 0.0689. The maximum Gasteiger partial charge on any atom is 0.274 e. The third-order valence-electron chi connectivity index (χ3n) is 7.37. The Labute approximate surface area is 203 Å². The van der Waals surface area contributed by atoms with Gasteiger partial charge < -0.3 is 0 Å².